The van der Waals surface area contributed by atoms with Crippen molar-refractivity contribution in [1.82, 2.24) is 0 Å². The smallest absolute Gasteiger partial charge is 0.00173 e. The average molecular weight is 287 g/mol. The minimum atomic E-state index is 0.352. The van der Waals surface area contributed by atoms with Crippen molar-refractivity contribution in [2.75, 3.05) is 6.54 Å². The first-order valence-corrected chi connectivity index (χ1v) is 8.75. The molecule has 0 aliphatic heterocycles. The van der Waals surface area contributed by atoms with Gasteiger partial charge in [-0.25, -0.2) is 0 Å². The molecule has 2 N–H and O–H groups in total. The second-order valence-electron chi connectivity index (χ2n) is 7.86. The van der Waals surface area contributed by atoms with Crippen molar-refractivity contribution in [2.45, 2.75) is 65.7 Å². The van der Waals surface area contributed by atoms with Crippen LogP contribution < -0.4 is 5.73 Å². The van der Waals surface area contributed by atoms with Gasteiger partial charge < -0.3 is 5.73 Å². The Bertz CT molecular complexity index is 422. The molecule has 0 radical (unpaired) electrons. The highest BCUT2D eigenvalue weighted by atomic mass is 14.6. The van der Waals surface area contributed by atoms with Gasteiger partial charge in [0.25, 0.3) is 0 Å². The molecule has 0 amide bonds. The van der Waals surface area contributed by atoms with Crippen LogP contribution in [-0.4, -0.2) is 6.54 Å². The maximum Gasteiger partial charge on any atom is -0.00173 e. The highest BCUT2D eigenvalue weighted by Crippen LogP contribution is 2.43. The van der Waals surface area contributed by atoms with E-state index in [0.29, 0.717) is 11.3 Å². The molecule has 2 rings (SSSR count). The first-order chi connectivity index (χ1) is 9.96. The lowest BCUT2D eigenvalue weighted by Crippen LogP contribution is -2.37. The van der Waals surface area contributed by atoms with E-state index < -0.39 is 0 Å². The molecule has 0 atom stereocenters. The van der Waals surface area contributed by atoms with Crippen LogP contribution >= 0.6 is 0 Å². The van der Waals surface area contributed by atoms with E-state index in [2.05, 4.69) is 52.0 Å². The standard InChI is InChI=1S/C20H33N/c1-15(2)18-7-5-17(6-8-18)13-20(14-21)11-9-19(10-12-20)16(3)4/h5-8,15-16,19H,9-14,21H2,1-4H3. The maximum absolute atomic E-state index is 6.19. The molecule has 1 saturated carbocycles. The summed E-state index contributed by atoms with van der Waals surface area (Å²) >= 11 is 0. The van der Waals surface area contributed by atoms with Crippen molar-refractivity contribution in [3.8, 4) is 0 Å². The Morgan fingerprint density at radius 3 is 2.05 bits per heavy atom. The lowest BCUT2D eigenvalue weighted by atomic mass is 9.65. The van der Waals surface area contributed by atoms with E-state index in [1.165, 1.54) is 36.8 Å². The predicted octanol–water partition coefficient (Wildman–Crippen LogP) is 5.14. The van der Waals surface area contributed by atoms with Crippen molar-refractivity contribution in [3.63, 3.8) is 0 Å². The van der Waals surface area contributed by atoms with Gasteiger partial charge in [-0.15, -0.1) is 0 Å². The minimum absolute atomic E-state index is 0.352. The lowest BCUT2D eigenvalue weighted by Gasteiger charge is -2.41. The van der Waals surface area contributed by atoms with Crippen LogP contribution in [-0.2, 0) is 6.42 Å². The average Bonchev–Trinajstić information content (AvgIpc) is 2.48. The molecular weight excluding hydrogens is 254 g/mol. The Hall–Kier alpha value is -0.820. The molecular formula is C20H33N. The number of hydrogen-bond acceptors (Lipinski definition) is 1. The first-order valence-electron chi connectivity index (χ1n) is 8.75. The van der Waals surface area contributed by atoms with E-state index in [1.807, 2.05) is 0 Å². The van der Waals surface area contributed by atoms with Crippen LogP contribution in [0.15, 0.2) is 24.3 Å². The summed E-state index contributed by atoms with van der Waals surface area (Å²) in [4.78, 5) is 0. The van der Waals surface area contributed by atoms with Gasteiger partial charge >= 0.3 is 0 Å². The maximum atomic E-state index is 6.19. The lowest BCUT2D eigenvalue weighted by molar-refractivity contribution is 0.132. The Kier molecular flexibility index (Phi) is 5.48. The Morgan fingerprint density at radius 2 is 1.62 bits per heavy atom. The zero-order chi connectivity index (χ0) is 15.5. The largest absolute Gasteiger partial charge is 0.330 e. The molecule has 0 aromatic heterocycles. The van der Waals surface area contributed by atoms with E-state index in [9.17, 15) is 0 Å². The fourth-order valence-electron chi connectivity index (χ4n) is 3.83. The number of hydrogen-bond donors (Lipinski definition) is 1. The van der Waals surface area contributed by atoms with Crippen molar-refractivity contribution in [1.29, 1.82) is 0 Å². The van der Waals surface area contributed by atoms with E-state index in [1.54, 1.807) is 0 Å². The second kappa shape index (κ2) is 6.96. The second-order valence-corrected chi connectivity index (χ2v) is 7.86. The molecule has 1 aromatic rings. The van der Waals surface area contributed by atoms with E-state index in [-0.39, 0.29) is 0 Å². The van der Waals surface area contributed by atoms with Crippen LogP contribution in [0.25, 0.3) is 0 Å². The summed E-state index contributed by atoms with van der Waals surface area (Å²) in [5.41, 5.74) is 9.44. The Balaban J connectivity index is 2.02. The summed E-state index contributed by atoms with van der Waals surface area (Å²) in [6.45, 7) is 10.1. The van der Waals surface area contributed by atoms with E-state index in [4.69, 9.17) is 5.73 Å². The molecule has 0 saturated heterocycles. The van der Waals surface area contributed by atoms with Crippen molar-refractivity contribution < 1.29 is 0 Å². The van der Waals surface area contributed by atoms with Crippen LogP contribution in [0.4, 0.5) is 0 Å². The summed E-state index contributed by atoms with van der Waals surface area (Å²) in [5.74, 6) is 2.35. The molecule has 1 fully saturated rings. The fraction of sp³-hybridized carbons (Fsp3) is 0.700. The zero-order valence-corrected chi connectivity index (χ0v) is 14.4. The van der Waals surface area contributed by atoms with Gasteiger partial charge in [0.2, 0.25) is 0 Å². The molecule has 1 nitrogen and oxygen atoms in total. The van der Waals surface area contributed by atoms with Crippen LogP contribution in [0.5, 0.6) is 0 Å². The Morgan fingerprint density at radius 1 is 1.05 bits per heavy atom. The van der Waals surface area contributed by atoms with Crippen LogP contribution in [0.3, 0.4) is 0 Å². The van der Waals surface area contributed by atoms with Gasteiger partial charge in [0.15, 0.2) is 0 Å². The molecule has 0 bridgehead atoms. The highest BCUT2D eigenvalue weighted by molar-refractivity contribution is 5.25. The van der Waals surface area contributed by atoms with Gasteiger partial charge in [0.05, 0.1) is 0 Å². The normalized spacial score (nSPS) is 26.5. The molecule has 1 aliphatic carbocycles. The molecule has 118 valence electrons. The quantitative estimate of drug-likeness (QED) is 0.797. The third kappa shape index (κ3) is 4.10. The summed E-state index contributed by atoms with van der Waals surface area (Å²) < 4.78 is 0. The molecule has 0 unspecified atom stereocenters. The summed E-state index contributed by atoms with van der Waals surface area (Å²) in [6, 6.07) is 9.23. The van der Waals surface area contributed by atoms with Gasteiger partial charge in [-0.2, -0.15) is 0 Å². The SMILES string of the molecule is CC(C)c1ccc(CC2(CN)CCC(C(C)C)CC2)cc1. The molecule has 0 heterocycles. The molecule has 21 heavy (non-hydrogen) atoms. The van der Waals surface area contributed by atoms with Crippen molar-refractivity contribution >= 4 is 0 Å². The van der Waals surface area contributed by atoms with E-state index in [0.717, 1.165) is 24.8 Å². The predicted molar refractivity (Wildman–Crippen MR) is 92.5 cm³/mol. The molecule has 1 heteroatoms. The topological polar surface area (TPSA) is 26.0 Å². The number of rotatable bonds is 5. The molecule has 1 aromatic carbocycles. The minimum Gasteiger partial charge on any atom is -0.330 e. The van der Waals surface area contributed by atoms with Gasteiger partial charge in [-0.1, -0.05) is 52.0 Å². The molecule has 1 aliphatic rings. The van der Waals surface area contributed by atoms with E-state index >= 15 is 0 Å². The summed E-state index contributed by atoms with van der Waals surface area (Å²) in [5, 5.41) is 0. The van der Waals surface area contributed by atoms with Gasteiger partial charge in [-0.05, 0) is 72.9 Å². The number of benzene rings is 1. The van der Waals surface area contributed by atoms with Gasteiger partial charge in [-0.3, -0.25) is 0 Å². The fourth-order valence-corrected chi connectivity index (χ4v) is 3.83. The number of nitrogens with two attached hydrogens (primary N) is 1. The van der Waals surface area contributed by atoms with Crippen LogP contribution in [0.1, 0.15) is 70.4 Å². The first kappa shape index (κ1) is 16.5. The third-order valence-corrected chi connectivity index (χ3v) is 5.69. The zero-order valence-electron chi connectivity index (χ0n) is 14.4. The van der Waals surface area contributed by atoms with Crippen LogP contribution in [0, 0.1) is 17.3 Å². The highest BCUT2D eigenvalue weighted by Gasteiger charge is 2.35. The van der Waals surface area contributed by atoms with Crippen molar-refractivity contribution in [2.24, 2.45) is 23.0 Å². The van der Waals surface area contributed by atoms with Crippen molar-refractivity contribution in [3.05, 3.63) is 35.4 Å². The van der Waals surface area contributed by atoms with Crippen LogP contribution in [0.2, 0.25) is 0 Å². The molecule has 0 spiro atoms. The van der Waals surface area contributed by atoms with Gasteiger partial charge in [0.1, 0.15) is 0 Å². The Labute approximate surface area is 131 Å². The van der Waals surface area contributed by atoms with Gasteiger partial charge in [0, 0.05) is 0 Å². The summed E-state index contributed by atoms with van der Waals surface area (Å²) in [7, 11) is 0. The summed E-state index contributed by atoms with van der Waals surface area (Å²) in [6.07, 6.45) is 6.49. The monoisotopic (exact) mass is 287 g/mol. The third-order valence-electron chi connectivity index (χ3n) is 5.69.